The first kappa shape index (κ1) is 15.3. The van der Waals surface area contributed by atoms with Crippen LogP contribution in [0.15, 0.2) is 30.3 Å². The van der Waals surface area contributed by atoms with E-state index in [0.29, 0.717) is 25.5 Å². The van der Waals surface area contributed by atoms with Crippen LogP contribution in [0, 0.1) is 0 Å². The van der Waals surface area contributed by atoms with Crippen molar-refractivity contribution in [2.24, 2.45) is 0 Å². The Hall–Kier alpha value is -0.740. The maximum absolute atomic E-state index is 12.1. The standard InChI is InChI=1S/C13H17ClF3N/c14-8-10-18(9-4-7-13(15,16)17)11-12-5-2-1-3-6-12/h1-3,5-6H,4,7-11H2. The molecule has 0 radical (unpaired) electrons. The summed E-state index contributed by atoms with van der Waals surface area (Å²) < 4.78 is 36.2. The van der Waals surface area contributed by atoms with E-state index < -0.39 is 12.6 Å². The van der Waals surface area contributed by atoms with Crippen molar-refractivity contribution in [2.75, 3.05) is 19.0 Å². The van der Waals surface area contributed by atoms with Crippen molar-refractivity contribution in [1.29, 1.82) is 0 Å². The van der Waals surface area contributed by atoms with Crippen molar-refractivity contribution in [2.45, 2.75) is 25.6 Å². The summed E-state index contributed by atoms with van der Waals surface area (Å²) in [5.41, 5.74) is 1.09. The molecule has 0 heterocycles. The van der Waals surface area contributed by atoms with Crippen LogP contribution in [0.1, 0.15) is 18.4 Å². The Morgan fingerprint density at radius 1 is 1.06 bits per heavy atom. The van der Waals surface area contributed by atoms with Gasteiger partial charge >= 0.3 is 6.18 Å². The lowest BCUT2D eigenvalue weighted by Crippen LogP contribution is -2.27. The van der Waals surface area contributed by atoms with Crippen LogP contribution in [0.5, 0.6) is 0 Å². The quantitative estimate of drug-likeness (QED) is 0.680. The molecule has 102 valence electrons. The Labute approximate surface area is 111 Å². The first-order valence-electron chi connectivity index (χ1n) is 5.90. The molecule has 0 N–H and O–H groups in total. The first-order valence-corrected chi connectivity index (χ1v) is 6.44. The van der Waals surface area contributed by atoms with E-state index in [9.17, 15) is 13.2 Å². The van der Waals surface area contributed by atoms with Crippen LogP contribution in [0.2, 0.25) is 0 Å². The monoisotopic (exact) mass is 279 g/mol. The molecular formula is C13H17ClF3N. The fourth-order valence-corrected chi connectivity index (χ4v) is 1.97. The molecule has 1 aromatic rings. The predicted molar refractivity (Wildman–Crippen MR) is 67.7 cm³/mol. The summed E-state index contributed by atoms with van der Waals surface area (Å²) in [7, 11) is 0. The van der Waals surface area contributed by atoms with Gasteiger partial charge < -0.3 is 0 Å². The van der Waals surface area contributed by atoms with Crippen molar-refractivity contribution < 1.29 is 13.2 Å². The normalized spacial score (nSPS) is 12.1. The number of rotatable bonds is 7. The van der Waals surface area contributed by atoms with Gasteiger partial charge in [0.1, 0.15) is 0 Å². The van der Waals surface area contributed by atoms with Crippen LogP contribution in [-0.4, -0.2) is 30.0 Å². The van der Waals surface area contributed by atoms with Gasteiger partial charge in [0.05, 0.1) is 0 Å². The lowest BCUT2D eigenvalue weighted by molar-refractivity contribution is -0.136. The molecule has 0 unspecified atom stereocenters. The number of hydrogen-bond donors (Lipinski definition) is 0. The van der Waals surface area contributed by atoms with Crippen molar-refractivity contribution in [3.05, 3.63) is 35.9 Å². The topological polar surface area (TPSA) is 3.24 Å². The van der Waals surface area contributed by atoms with Gasteiger partial charge in [-0.1, -0.05) is 30.3 Å². The maximum atomic E-state index is 12.1. The third-order valence-corrected chi connectivity index (χ3v) is 2.75. The molecule has 0 saturated carbocycles. The van der Waals surface area contributed by atoms with E-state index in [-0.39, 0.29) is 6.42 Å². The Morgan fingerprint density at radius 3 is 2.28 bits per heavy atom. The van der Waals surface area contributed by atoms with Crippen molar-refractivity contribution in [3.63, 3.8) is 0 Å². The van der Waals surface area contributed by atoms with E-state index in [0.717, 1.165) is 5.56 Å². The minimum Gasteiger partial charge on any atom is -0.298 e. The molecule has 1 rings (SSSR count). The van der Waals surface area contributed by atoms with Gasteiger partial charge in [-0.15, -0.1) is 11.6 Å². The average molecular weight is 280 g/mol. The lowest BCUT2D eigenvalue weighted by atomic mass is 10.2. The Bertz CT molecular complexity index is 327. The third-order valence-electron chi connectivity index (χ3n) is 2.58. The van der Waals surface area contributed by atoms with Crippen LogP contribution in [0.25, 0.3) is 0 Å². The zero-order valence-corrected chi connectivity index (χ0v) is 10.8. The van der Waals surface area contributed by atoms with Gasteiger partial charge in [0.25, 0.3) is 0 Å². The van der Waals surface area contributed by atoms with Gasteiger partial charge in [0, 0.05) is 25.4 Å². The number of benzene rings is 1. The zero-order valence-electron chi connectivity index (χ0n) is 10.1. The molecule has 0 aliphatic carbocycles. The summed E-state index contributed by atoms with van der Waals surface area (Å²) >= 11 is 5.67. The van der Waals surface area contributed by atoms with Crippen LogP contribution >= 0.6 is 11.6 Å². The molecule has 1 nitrogen and oxygen atoms in total. The summed E-state index contributed by atoms with van der Waals surface area (Å²) in [5, 5.41) is 0. The third kappa shape index (κ3) is 6.87. The molecule has 0 aliphatic heterocycles. The minimum absolute atomic E-state index is 0.118. The summed E-state index contributed by atoms with van der Waals surface area (Å²) in [5.74, 6) is 0.429. The van der Waals surface area contributed by atoms with Crippen LogP contribution < -0.4 is 0 Å². The molecule has 0 fully saturated rings. The van der Waals surface area contributed by atoms with Gasteiger partial charge in [-0.05, 0) is 18.5 Å². The van der Waals surface area contributed by atoms with E-state index in [1.807, 2.05) is 35.2 Å². The summed E-state index contributed by atoms with van der Waals surface area (Å²) in [6.45, 7) is 1.67. The maximum Gasteiger partial charge on any atom is 0.389 e. The molecule has 0 saturated heterocycles. The molecule has 18 heavy (non-hydrogen) atoms. The number of halogens is 4. The molecular weight excluding hydrogens is 263 g/mol. The number of nitrogens with zero attached hydrogens (tertiary/aromatic N) is 1. The summed E-state index contributed by atoms with van der Waals surface area (Å²) in [6.07, 6.45) is -4.69. The molecule has 0 amide bonds. The van der Waals surface area contributed by atoms with Gasteiger partial charge in [-0.25, -0.2) is 0 Å². The Balaban J connectivity index is 2.40. The number of hydrogen-bond acceptors (Lipinski definition) is 1. The lowest BCUT2D eigenvalue weighted by Gasteiger charge is -2.21. The summed E-state index contributed by atoms with van der Waals surface area (Å²) in [6, 6.07) is 9.68. The highest BCUT2D eigenvalue weighted by Gasteiger charge is 2.26. The van der Waals surface area contributed by atoms with Crippen LogP contribution in [-0.2, 0) is 6.54 Å². The van der Waals surface area contributed by atoms with E-state index in [4.69, 9.17) is 11.6 Å². The molecule has 0 spiro atoms. The molecule has 0 atom stereocenters. The van der Waals surface area contributed by atoms with Gasteiger partial charge in [-0.3, -0.25) is 4.90 Å². The van der Waals surface area contributed by atoms with E-state index in [2.05, 4.69) is 0 Å². The molecule has 1 aromatic carbocycles. The predicted octanol–water partition coefficient (Wildman–Crippen LogP) is 4.07. The van der Waals surface area contributed by atoms with Gasteiger partial charge in [0.15, 0.2) is 0 Å². The van der Waals surface area contributed by atoms with E-state index in [1.54, 1.807) is 0 Å². The van der Waals surface area contributed by atoms with Crippen LogP contribution in [0.4, 0.5) is 13.2 Å². The fourth-order valence-electron chi connectivity index (χ4n) is 1.73. The summed E-state index contributed by atoms with van der Waals surface area (Å²) in [4.78, 5) is 1.95. The molecule has 0 aliphatic rings. The second-order valence-electron chi connectivity index (χ2n) is 4.17. The first-order chi connectivity index (χ1) is 8.51. The van der Waals surface area contributed by atoms with Gasteiger partial charge in [0.2, 0.25) is 0 Å². The Morgan fingerprint density at radius 2 is 1.72 bits per heavy atom. The molecule has 5 heteroatoms. The minimum atomic E-state index is -4.07. The highest BCUT2D eigenvalue weighted by Crippen LogP contribution is 2.21. The second kappa shape index (κ2) is 7.64. The van der Waals surface area contributed by atoms with E-state index in [1.165, 1.54) is 0 Å². The van der Waals surface area contributed by atoms with Crippen molar-refractivity contribution >= 4 is 11.6 Å². The average Bonchev–Trinajstić information content (AvgIpc) is 2.29. The van der Waals surface area contributed by atoms with Crippen molar-refractivity contribution in [3.8, 4) is 0 Å². The van der Waals surface area contributed by atoms with Gasteiger partial charge in [-0.2, -0.15) is 13.2 Å². The zero-order chi connectivity index (χ0) is 13.4. The van der Waals surface area contributed by atoms with E-state index >= 15 is 0 Å². The molecule has 0 aromatic heterocycles. The smallest absolute Gasteiger partial charge is 0.298 e. The highest BCUT2D eigenvalue weighted by molar-refractivity contribution is 6.18. The fraction of sp³-hybridized carbons (Fsp3) is 0.538. The van der Waals surface area contributed by atoms with Crippen LogP contribution in [0.3, 0.4) is 0 Å². The Kier molecular flexibility index (Phi) is 6.50. The number of alkyl halides is 4. The molecule has 0 bridgehead atoms. The second-order valence-corrected chi connectivity index (χ2v) is 4.55. The highest BCUT2D eigenvalue weighted by atomic mass is 35.5. The largest absolute Gasteiger partial charge is 0.389 e. The SMILES string of the molecule is FC(F)(F)CCCN(CCCl)Cc1ccccc1. The van der Waals surface area contributed by atoms with Crippen molar-refractivity contribution in [1.82, 2.24) is 4.90 Å².